The number of carbonyl (C=O) groups excluding carboxylic acids is 5. The first kappa shape index (κ1) is 45.0. The lowest BCUT2D eigenvalue weighted by atomic mass is 9.90. The third-order valence-corrected chi connectivity index (χ3v) is 10.4. The highest BCUT2D eigenvalue weighted by Crippen LogP contribution is 2.21. The van der Waals surface area contributed by atoms with E-state index in [0.717, 1.165) is 21.9 Å². The summed E-state index contributed by atoms with van der Waals surface area (Å²) < 4.78 is 11.3. The van der Waals surface area contributed by atoms with Gasteiger partial charge in [-0.15, -0.1) is 0 Å². The Morgan fingerprint density at radius 2 is 1.14 bits per heavy atom. The molecule has 4 N–H and O–H groups in total. The number of hydrogen-bond donors (Lipinski definition) is 4. The highest BCUT2D eigenvalue weighted by molar-refractivity contribution is 5.91. The summed E-state index contributed by atoms with van der Waals surface area (Å²) in [5.41, 5.74) is 1.79. The fourth-order valence-corrected chi connectivity index (χ4v) is 6.62. The molecule has 310 valence electrons. The number of amides is 4. The molecule has 0 radical (unpaired) electrons. The van der Waals surface area contributed by atoms with Crippen LogP contribution in [0, 0.1) is 23.7 Å². The number of nitrogens with one attached hydrogen (secondary N) is 4. The van der Waals surface area contributed by atoms with Gasteiger partial charge in [0.05, 0.1) is 0 Å². The van der Waals surface area contributed by atoms with Gasteiger partial charge in [0.1, 0.15) is 30.5 Å². The molecule has 11 nitrogen and oxygen atoms in total. The number of hydrogen-bond acceptors (Lipinski definition) is 7. The van der Waals surface area contributed by atoms with Crippen LogP contribution in [0.4, 0.5) is 0 Å². The summed E-state index contributed by atoms with van der Waals surface area (Å²) in [5, 5.41) is 13.8. The number of benzene rings is 4. The molecule has 0 fully saturated rings. The number of carbonyl (C=O) groups is 5. The maximum atomic E-state index is 13.9. The third kappa shape index (κ3) is 13.7. The van der Waals surface area contributed by atoms with Crippen molar-refractivity contribution in [1.29, 1.82) is 0 Å². The van der Waals surface area contributed by atoms with Gasteiger partial charge in [-0.3, -0.25) is 19.2 Å². The molecule has 0 bridgehead atoms. The Morgan fingerprint density at radius 3 is 1.76 bits per heavy atom. The topological polar surface area (TPSA) is 152 Å². The maximum absolute atomic E-state index is 13.9. The zero-order valence-corrected chi connectivity index (χ0v) is 34.8. The maximum Gasteiger partial charge on any atom is 0.329 e. The molecule has 58 heavy (non-hydrogen) atoms. The average Bonchev–Trinajstić information content (AvgIpc) is 3.21. The lowest BCUT2D eigenvalue weighted by molar-refractivity contribution is -0.150. The molecule has 0 aliphatic heterocycles. The quantitative estimate of drug-likeness (QED) is 0.0701. The van der Waals surface area contributed by atoms with E-state index < -0.39 is 42.0 Å². The monoisotopic (exact) mass is 792 g/mol. The van der Waals surface area contributed by atoms with Crippen molar-refractivity contribution >= 4 is 40.4 Å². The van der Waals surface area contributed by atoms with Crippen LogP contribution >= 0.6 is 0 Å². The van der Waals surface area contributed by atoms with E-state index in [1.54, 1.807) is 6.07 Å². The Bertz CT molecular complexity index is 1950. The third-order valence-electron chi connectivity index (χ3n) is 10.4. The van der Waals surface area contributed by atoms with Crippen molar-refractivity contribution in [3.05, 3.63) is 114 Å². The van der Waals surface area contributed by atoms with Crippen LogP contribution in [0.1, 0.15) is 72.4 Å². The van der Waals surface area contributed by atoms with E-state index in [1.807, 2.05) is 146 Å². The van der Waals surface area contributed by atoms with E-state index >= 15 is 0 Å². The highest BCUT2D eigenvalue weighted by atomic mass is 16.5. The first-order valence-corrected chi connectivity index (χ1v) is 20.3. The van der Waals surface area contributed by atoms with Gasteiger partial charge in [-0.05, 0) is 64.1 Å². The van der Waals surface area contributed by atoms with Gasteiger partial charge in [0.2, 0.25) is 17.7 Å². The molecule has 0 saturated heterocycles. The van der Waals surface area contributed by atoms with Crippen LogP contribution in [0.3, 0.4) is 0 Å². The van der Waals surface area contributed by atoms with Crippen LogP contribution in [0.15, 0.2) is 103 Å². The van der Waals surface area contributed by atoms with E-state index in [0.29, 0.717) is 18.6 Å². The lowest BCUT2D eigenvalue weighted by Crippen LogP contribution is -2.56. The van der Waals surface area contributed by atoms with Gasteiger partial charge in [0, 0.05) is 12.5 Å². The van der Waals surface area contributed by atoms with Crippen molar-refractivity contribution in [3.8, 4) is 5.75 Å². The predicted molar refractivity (Wildman–Crippen MR) is 226 cm³/mol. The first-order chi connectivity index (χ1) is 27.7. The Balaban J connectivity index is 1.41. The SMILES string of the molecule is CC[C@H](C)[C@H](NC(=O)C[C@H](C)[C@H](Cc1ccccc1)NC(=O)[C@@H](NC(=O)COc1ccc2ccccc2c1)C(C)C)C(=O)N[C@H](C(=O)OCc1ccccc1)C(C)C. The average molecular weight is 793 g/mol. The summed E-state index contributed by atoms with van der Waals surface area (Å²) in [4.78, 5) is 67.6. The molecule has 4 rings (SSSR count). The van der Waals surface area contributed by atoms with Crippen molar-refractivity contribution in [1.82, 2.24) is 21.3 Å². The summed E-state index contributed by atoms with van der Waals surface area (Å²) >= 11 is 0. The van der Waals surface area contributed by atoms with Crippen LogP contribution < -0.4 is 26.0 Å². The van der Waals surface area contributed by atoms with Crippen LogP contribution in [-0.4, -0.2) is 60.4 Å². The fraction of sp³-hybridized carbons (Fsp3) is 0.426. The highest BCUT2D eigenvalue weighted by Gasteiger charge is 2.34. The molecule has 4 amide bonds. The Kier molecular flexibility index (Phi) is 17.3. The smallest absolute Gasteiger partial charge is 0.329 e. The largest absolute Gasteiger partial charge is 0.484 e. The van der Waals surface area contributed by atoms with Crippen LogP contribution in [0.25, 0.3) is 10.8 Å². The number of esters is 1. The first-order valence-electron chi connectivity index (χ1n) is 20.3. The summed E-state index contributed by atoms with van der Waals surface area (Å²) in [6, 6.07) is 29.2. The van der Waals surface area contributed by atoms with Crippen molar-refractivity contribution in [2.24, 2.45) is 23.7 Å². The van der Waals surface area contributed by atoms with E-state index in [9.17, 15) is 24.0 Å². The molecule has 0 spiro atoms. The summed E-state index contributed by atoms with van der Waals surface area (Å²) in [7, 11) is 0. The standard InChI is InChI=1S/C47H60N4O7/c1-8-32(6)44(46(55)51-43(31(4)5)47(56)58-28-35-19-13-10-14-20-35)49-40(52)25-33(7)39(26-34-17-11-9-12-18-34)48-45(54)42(30(2)3)50-41(53)29-57-38-24-23-36-21-15-16-22-37(36)27-38/h9-24,27,30-33,39,42-44H,8,25-26,28-29H2,1-7H3,(H,48,54)(H,49,52)(H,50,53)(H,51,55)/t32-,33-,39-,42-,43-,44-/m0/s1. The second-order valence-corrected chi connectivity index (χ2v) is 15.8. The lowest BCUT2D eigenvalue weighted by Gasteiger charge is -2.30. The van der Waals surface area contributed by atoms with Gasteiger partial charge >= 0.3 is 5.97 Å². The zero-order valence-electron chi connectivity index (χ0n) is 34.8. The van der Waals surface area contributed by atoms with Crippen molar-refractivity contribution in [2.45, 2.75) is 98.5 Å². The van der Waals surface area contributed by atoms with Gasteiger partial charge in [-0.1, -0.05) is 146 Å². The van der Waals surface area contributed by atoms with E-state index in [2.05, 4.69) is 21.3 Å². The molecular weight excluding hydrogens is 733 g/mol. The van der Waals surface area contributed by atoms with Crippen LogP contribution in [0.2, 0.25) is 0 Å². The molecule has 0 aromatic heterocycles. The van der Waals surface area contributed by atoms with Crippen molar-refractivity contribution < 1.29 is 33.4 Å². The Labute approximate surface area is 343 Å². The second kappa shape index (κ2) is 22.3. The summed E-state index contributed by atoms with van der Waals surface area (Å²) in [6.07, 6.45) is 1.03. The minimum atomic E-state index is -0.913. The van der Waals surface area contributed by atoms with Crippen molar-refractivity contribution in [3.63, 3.8) is 0 Å². The van der Waals surface area contributed by atoms with Crippen LogP contribution in [-0.2, 0) is 41.7 Å². The van der Waals surface area contributed by atoms with E-state index in [-0.39, 0.29) is 55.1 Å². The second-order valence-electron chi connectivity index (χ2n) is 15.8. The molecule has 0 unspecified atom stereocenters. The molecule has 0 heterocycles. The predicted octanol–water partition coefficient (Wildman–Crippen LogP) is 6.53. The van der Waals surface area contributed by atoms with E-state index in [4.69, 9.17) is 9.47 Å². The minimum Gasteiger partial charge on any atom is -0.484 e. The van der Waals surface area contributed by atoms with Gasteiger partial charge in [-0.2, -0.15) is 0 Å². The van der Waals surface area contributed by atoms with Gasteiger partial charge in [0.15, 0.2) is 6.61 Å². The minimum absolute atomic E-state index is 0.00300. The molecule has 11 heteroatoms. The molecule has 0 aliphatic rings. The normalized spacial score (nSPS) is 14.4. The summed E-state index contributed by atoms with van der Waals surface area (Å²) in [6.45, 7) is 12.8. The Hall–Kier alpha value is -5.71. The number of fused-ring (bicyclic) bond motifs is 1. The molecule has 0 aliphatic carbocycles. The Morgan fingerprint density at radius 1 is 0.569 bits per heavy atom. The van der Waals surface area contributed by atoms with Crippen LogP contribution in [0.5, 0.6) is 5.75 Å². The van der Waals surface area contributed by atoms with Gasteiger partial charge in [0.25, 0.3) is 5.91 Å². The molecule has 4 aromatic carbocycles. The van der Waals surface area contributed by atoms with Crippen molar-refractivity contribution in [2.75, 3.05) is 6.61 Å². The van der Waals surface area contributed by atoms with Gasteiger partial charge in [-0.25, -0.2) is 4.79 Å². The molecular formula is C47H60N4O7. The number of rotatable bonds is 21. The molecule has 4 aromatic rings. The van der Waals surface area contributed by atoms with E-state index in [1.165, 1.54) is 0 Å². The zero-order chi connectivity index (χ0) is 42.2. The number of ether oxygens (including phenoxy) is 2. The fourth-order valence-electron chi connectivity index (χ4n) is 6.62. The summed E-state index contributed by atoms with van der Waals surface area (Å²) in [5.74, 6) is -2.79. The molecule has 0 saturated carbocycles. The molecule has 6 atom stereocenters. The van der Waals surface area contributed by atoms with Gasteiger partial charge < -0.3 is 30.7 Å².